The molecule has 1 aromatic rings. The van der Waals surface area contributed by atoms with Gasteiger partial charge in [-0.1, -0.05) is 13.8 Å². The molecule has 4 nitrogen and oxygen atoms in total. The highest BCUT2D eigenvalue weighted by Gasteiger charge is 2.23. The standard InChI is InChI=1S/C15H22F2N2O2/c1-4-11(5-2)19(6-7-21-3)15(20)10-8-12(16)14(18)13(17)9-10/h8-9,11H,4-7,18H2,1-3H3. The average molecular weight is 300 g/mol. The summed E-state index contributed by atoms with van der Waals surface area (Å²) in [6.45, 7) is 4.66. The van der Waals surface area contributed by atoms with Crippen LogP contribution in [0, 0.1) is 11.6 Å². The van der Waals surface area contributed by atoms with Gasteiger partial charge in [0.25, 0.3) is 5.91 Å². The number of carbonyl (C=O) groups excluding carboxylic acids is 1. The first-order valence-electron chi connectivity index (χ1n) is 7.00. The van der Waals surface area contributed by atoms with E-state index in [2.05, 4.69) is 0 Å². The topological polar surface area (TPSA) is 55.6 Å². The van der Waals surface area contributed by atoms with Crippen molar-refractivity contribution in [3.8, 4) is 0 Å². The first-order chi connectivity index (χ1) is 9.96. The van der Waals surface area contributed by atoms with Crippen molar-refractivity contribution in [1.82, 2.24) is 4.90 Å². The van der Waals surface area contributed by atoms with Crippen LogP contribution >= 0.6 is 0 Å². The van der Waals surface area contributed by atoms with E-state index < -0.39 is 23.2 Å². The van der Waals surface area contributed by atoms with Crippen LogP contribution in [0.4, 0.5) is 14.5 Å². The molecule has 1 amide bonds. The van der Waals surface area contributed by atoms with Gasteiger partial charge in [-0.2, -0.15) is 0 Å². The molecule has 0 radical (unpaired) electrons. The minimum Gasteiger partial charge on any atom is -0.394 e. The van der Waals surface area contributed by atoms with Crippen molar-refractivity contribution in [2.24, 2.45) is 0 Å². The molecule has 0 fully saturated rings. The summed E-state index contributed by atoms with van der Waals surface area (Å²) in [5.41, 5.74) is 4.61. The van der Waals surface area contributed by atoms with Gasteiger partial charge in [0, 0.05) is 25.3 Å². The van der Waals surface area contributed by atoms with E-state index in [1.54, 1.807) is 4.90 Å². The summed E-state index contributed by atoms with van der Waals surface area (Å²) in [4.78, 5) is 14.1. The molecule has 0 aliphatic rings. The normalized spacial score (nSPS) is 11.0. The number of halogens is 2. The number of rotatable bonds is 7. The predicted octanol–water partition coefficient (Wildman–Crippen LogP) is 2.82. The molecule has 0 saturated heterocycles. The summed E-state index contributed by atoms with van der Waals surface area (Å²) < 4.78 is 32.0. The van der Waals surface area contributed by atoms with E-state index >= 15 is 0 Å². The van der Waals surface area contributed by atoms with Gasteiger partial charge in [-0.15, -0.1) is 0 Å². The number of carbonyl (C=O) groups is 1. The maximum atomic E-state index is 13.5. The first kappa shape index (κ1) is 17.4. The summed E-state index contributed by atoms with van der Waals surface area (Å²) in [7, 11) is 1.54. The molecule has 21 heavy (non-hydrogen) atoms. The lowest BCUT2D eigenvalue weighted by Gasteiger charge is -2.30. The van der Waals surface area contributed by atoms with Gasteiger partial charge in [-0.3, -0.25) is 4.79 Å². The molecule has 0 heterocycles. The number of amides is 1. The Kier molecular flexibility index (Phi) is 6.55. The predicted molar refractivity (Wildman–Crippen MR) is 78.1 cm³/mol. The second-order valence-corrected chi connectivity index (χ2v) is 4.82. The minimum absolute atomic E-state index is 0.00340. The Morgan fingerprint density at radius 2 is 1.81 bits per heavy atom. The van der Waals surface area contributed by atoms with Crippen molar-refractivity contribution in [2.75, 3.05) is 26.0 Å². The second-order valence-electron chi connectivity index (χ2n) is 4.82. The third-order valence-electron chi connectivity index (χ3n) is 3.51. The number of anilines is 1. The second kappa shape index (κ2) is 7.93. The summed E-state index contributed by atoms with van der Waals surface area (Å²) in [5.74, 6) is -2.26. The minimum atomic E-state index is -0.922. The third kappa shape index (κ3) is 4.14. The van der Waals surface area contributed by atoms with Crippen molar-refractivity contribution >= 4 is 11.6 Å². The average Bonchev–Trinajstić information content (AvgIpc) is 2.47. The maximum absolute atomic E-state index is 13.5. The SMILES string of the molecule is CCC(CC)N(CCOC)C(=O)c1cc(F)c(N)c(F)c1. The van der Waals surface area contributed by atoms with Crippen LogP contribution in [0.1, 0.15) is 37.0 Å². The first-order valence-corrected chi connectivity index (χ1v) is 7.00. The molecule has 0 bridgehead atoms. The Bertz CT molecular complexity index is 468. The van der Waals surface area contributed by atoms with Crippen molar-refractivity contribution in [2.45, 2.75) is 32.7 Å². The van der Waals surface area contributed by atoms with Gasteiger partial charge in [-0.25, -0.2) is 8.78 Å². The summed E-state index contributed by atoms with van der Waals surface area (Å²) in [5, 5.41) is 0. The van der Waals surface area contributed by atoms with Crippen LogP contribution < -0.4 is 5.73 Å². The van der Waals surface area contributed by atoms with Gasteiger partial charge >= 0.3 is 0 Å². The van der Waals surface area contributed by atoms with Gasteiger partial charge in [0.1, 0.15) is 17.3 Å². The molecule has 1 rings (SSSR count). The van der Waals surface area contributed by atoms with Crippen LogP contribution in [-0.2, 0) is 4.74 Å². The van der Waals surface area contributed by atoms with Crippen LogP contribution in [0.3, 0.4) is 0 Å². The Balaban J connectivity index is 3.09. The van der Waals surface area contributed by atoms with Crippen molar-refractivity contribution in [3.05, 3.63) is 29.3 Å². The van der Waals surface area contributed by atoms with Gasteiger partial charge in [0.2, 0.25) is 0 Å². The van der Waals surface area contributed by atoms with Crippen LogP contribution in [0.15, 0.2) is 12.1 Å². The number of benzene rings is 1. The maximum Gasteiger partial charge on any atom is 0.254 e. The van der Waals surface area contributed by atoms with Gasteiger partial charge in [0.05, 0.1) is 6.61 Å². The Morgan fingerprint density at radius 3 is 2.24 bits per heavy atom. The van der Waals surface area contributed by atoms with E-state index in [1.807, 2.05) is 13.8 Å². The molecular formula is C15H22F2N2O2. The van der Waals surface area contributed by atoms with Crippen molar-refractivity contribution < 1.29 is 18.3 Å². The fourth-order valence-corrected chi connectivity index (χ4v) is 2.24. The van der Waals surface area contributed by atoms with Gasteiger partial charge < -0.3 is 15.4 Å². The smallest absolute Gasteiger partial charge is 0.254 e. The highest BCUT2D eigenvalue weighted by atomic mass is 19.1. The molecule has 0 spiro atoms. The molecule has 6 heteroatoms. The lowest BCUT2D eigenvalue weighted by Crippen LogP contribution is -2.41. The summed E-state index contributed by atoms with van der Waals surface area (Å²) >= 11 is 0. The van der Waals surface area contributed by atoms with Gasteiger partial charge in [-0.05, 0) is 25.0 Å². The van der Waals surface area contributed by atoms with E-state index in [0.717, 1.165) is 25.0 Å². The highest BCUT2D eigenvalue weighted by molar-refractivity contribution is 5.94. The summed E-state index contributed by atoms with van der Waals surface area (Å²) in [6.07, 6.45) is 1.51. The zero-order chi connectivity index (χ0) is 16.0. The molecule has 1 aromatic carbocycles. The molecule has 0 saturated carbocycles. The van der Waals surface area contributed by atoms with E-state index in [-0.39, 0.29) is 11.6 Å². The molecule has 0 atom stereocenters. The molecule has 0 unspecified atom stereocenters. The van der Waals surface area contributed by atoms with E-state index in [4.69, 9.17) is 10.5 Å². The van der Waals surface area contributed by atoms with Crippen LogP contribution in [0.25, 0.3) is 0 Å². The number of methoxy groups -OCH3 is 1. The molecule has 0 aromatic heterocycles. The number of hydrogen-bond acceptors (Lipinski definition) is 3. The fraction of sp³-hybridized carbons (Fsp3) is 0.533. The van der Waals surface area contributed by atoms with Gasteiger partial charge in [0.15, 0.2) is 0 Å². The largest absolute Gasteiger partial charge is 0.394 e. The van der Waals surface area contributed by atoms with Crippen molar-refractivity contribution in [3.63, 3.8) is 0 Å². The summed E-state index contributed by atoms with van der Waals surface area (Å²) in [6, 6.07) is 1.95. The molecule has 0 aliphatic carbocycles. The zero-order valence-electron chi connectivity index (χ0n) is 12.7. The van der Waals surface area contributed by atoms with E-state index in [9.17, 15) is 13.6 Å². The fourth-order valence-electron chi connectivity index (χ4n) is 2.24. The van der Waals surface area contributed by atoms with Crippen LogP contribution in [-0.4, -0.2) is 37.1 Å². The molecule has 118 valence electrons. The zero-order valence-corrected chi connectivity index (χ0v) is 12.7. The molecular weight excluding hydrogens is 278 g/mol. The Hall–Kier alpha value is -1.69. The van der Waals surface area contributed by atoms with Crippen molar-refractivity contribution in [1.29, 1.82) is 0 Å². The van der Waals surface area contributed by atoms with E-state index in [1.165, 1.54) is 7.11 Å². The third-order valence-corrected chi connectivity index (χ3v) is 3.51. The van der Waals surface area contributed by atoms with Crippen LogP contribution in [0.5, 0.6) is 0 Å². The van der Waals surface area contributed by atoms with Crippen LogP contribution in [0.2, 0.25) is 0 Å². The quantitative estimate of drug-likeness (QED) is 0.788. The monoisotopic (exact) mass is 300 g/mol. The number of nitrogen functional groups attached to an aromatic ring is 1. The Morgan fingerprint density at radius 1 is 1.29 bits per heavy atom. The highest BCUT2D eigenvalue weighted by Crippen LogP contribution is 2.20. The number of nitrogens with zero attached hydrogens (tertiary/aromatic N) is 1. The Labute approximate surface area is 123 Å². The number of ether oxygens (including phenoxy) is 1. The lowest BCUT2D eigenvalue weighted by molar-refractivity contribution is 0.0588. The molecule has 2 N–H and O–H groups in total. The lowest BCUT2D eigenvalue weighted by atomic mass is 10.1. The molecule has 0 aliphatic heterocycles. The number of hydrogen-bond donors (Lipinski definition) is 1. The number of nitrogens with two attached hydrogens (primary N) is 1. The van der Waals surface area contributed by atoms with E-state index in [0.29, 0.717) is 13.2 Å².